The highest BCUT2D eigenvalue weighted by atomic mass is 16.6. The van der Waals surface area contributed by atoms with Gasteiger partial charge in [-0.15, -0.1) is 0 Å². The number of aliphatic carboxylic acids is 1. The second kappa shape index (κ2) is 10.8. The number of carbonyl (C=O) groups excluding carboxylic acids is 2. The maximum Gasteiger partial charge on any atom is 0.412 e. The van der Waals surface area contributed by atoms with Crippen LogP contribution in [0.25, 0.3) is 11.3 Å². The fraction of sp³-hybridized carbons (Fsp3) is 0.269. The standard InChI is InChI=1S/C26H26N4O5/c1-16(18-5-3-2-4-6-18)35-26(34)30-22-14-27-15-28-23(22)19-9-11-20(12-10-19)24(31)29-21(25(32)33)13-17-7-8-17/h2-6,9-12,14-17,21H,7-8,13H2,1H3,(H,29,31)(H,30,34)(H,32,33). The van der Waals surface area contributed by atoms with E-state index in [0.717, 1.165) is 18.4 Å². The average molecular weight is 475 g/mol. The summed E-state index contributed by atoms with van der Waals surface area (Å²) in [7, 11) is 0. The molecule has 0 spiro atoms. The fourth-order valence-corrected chi connectivity index (χ4v) is 3.67. The molecule has 0 aliphatic heterocycles. The van der Waals surface area contributed by atoms with Crippen molar-refractivity contribution >= 4 is 23.7 Å². The number of nitrogens with zero attached hydrogens (tertiary/aromatic N) is 2. The molecular formula is C26H26N4O5. The van der Waals surface area contributed by atoms with Crippen LogP contribution < -0.4 is 10.6 Å². The van der Waals surface area contributed by atoms with Crippen LogP contribution in [0.4, 0.5) is 10.5 Å². The number of ether oxygens (including phenoxy) is 1. The lowest BCUT2D eigenvalue weighted by Crippen LogP contribution is -2.41. The molecule has 2 unspecified atom stereocenters. The summed E-state index contributed by atoms with van der Waals surface area (Å²) in [4.78, 5) is 44.8. The van der Waals surface area contributed by atoms with Gasteiger partial charge < -0.3 is 15.2 Å². The molecule has 1 aliphatic rings. The Hall–Kier alpha value is -4.27. The summed E-state index contributed by atoms with van der Waals surface area (Å²) in [5.74, 6) is -1.12. The van der Waals surface area contributed by atoms with Crippen molar-refractivity contribution in [1.82, 2.24) is 15.3 Å². The van der Waals surface area contributed by atoms with Crippen molar-refractivity contribution in [3.05, 3.63) is 78.2 Å². The van der Waals surface area contributed by atoms with E-state index >= 15 is 0 Å². The number of carbonyl (C=O) groups is 3. The lowest BCUT2D eigenvalue weighted by molar-refractivity contribution is -0.139. The van der Waals surface area contributed by atoms with E-state index in [2.05, 4.69) is 20.6 Å². The van der Waals surface area contributed by atoms with E-state index in [9.17, 15) is 19.5 Å². The van der Waals surface area contributed by atoms with Gasteiger partial charge in [0.2, 0.25) is 0 Å². The van der Waals surface area contributed by atoms with Gasteiger partial charge in [-0.2, -0.15) is 0 Å². The number of amides is 2. The molecule has 1 fully saturated rings. The third kappa shape index (κ3) is 6.41. The van der Waals surface area contributed by atoms with Gasteiger partial charge in [0.1, 0.15) is 18.5 Å². The van der Waals surface area contributed by atoms with Crippen LogP contribution in [0.2, 0.25) is 0 Å². The van der Waals surface area contributed by atoms with Crippen LogP contribution in [-0.4, -0.2) is 39.1 Å². The predicted octanol–water partition coefficient (Wildman–Crippen LogP) is 4.44. The lowest BCUT2D eigenvalue weighted by atomic mass is 10.1. The van der Waals surface area contributed by atoms with E-state index in [0.29, 0.717) is 34.8 Å². The Kier molecular flexibility index (Phi) is 7.35. The first-order valence-corrected chi connectivity index (χ1v) is 11.4. The summed E-state index contributed by atoms with van der Waals surface area (Å²) in [6.07, 6.45) is 4.17. The first kappa shape index (κ1) is 23.9. The SMILES string of the molecule is CC(OC(=O)Nc1cncnc1-c1ccc(C(=O)NC(CC2CC2)C(=O)O)cc1)c1ccccc1. The van der Waals surface area contributed by atoms with Crippen molar-refractivity contribution in [3.63, 3.8) is 0 Å². The molecule has 9 heteroatoms. The van der Waals surface area contributed by atoms with Gasteiger partial charge in [-0.1, -0.05) is 55.3 Å². The summed E-state index contributed by atoms with van der Waals surface area (Å²) >= 11 is 0. The first-order chi connectivity index (χ1) is 16.9. The average Bonchev–Trinajstić information content (AvgIpc) is 3.68. The number of benzene rings is 2. The number of hydrogen-bond donors (Lipinski definition) is 3. The van der Waals surface area contributed by atoms with E-state index < -0.39 is 30.1 Å². The quantitative estimate of drug-likeness (QED) is 0.418. The van der Waals surface area contributed by atoms with Gasteiger partial charge in [0.25, 0.3) is 5.91 Å². The van der Waals surface area contributed by atoms with Crippen LogP contribution in [0.5, 0.6) is 0 Å². The maximum absolute atomic E-state index is 12.6. The summed E-state index contributed by atoms with van der Waals surface area (Å²) < 4.78 is 5.46. The Morgan fingerprint density at radius 2 is 1.80 bits per heavy atom. The van der Waals surface area contributed by atoms with Crippen molar-refractivity contribution in [2.24, 2.45) is 5.92 Å². The van der Waals surface area contributed by atoms with E-state index in [4.69, 9.17) is 4.74 Å². The molecule has 0 radical (unpaired) electrons. The first-order valence-electron chi connectivity index (χ1n) is 11.4. The van der Waals surface area contributed by atoms with Crippen molar-refractivity contribution < 1.29 is 24.2 Å². The number of anilines is 1. The van der Waals surface area contributed by atoms with Gasteiger partial charge in [-0.05, 0) is 37.0 Å². The Bertz CT molecular complexity index is 1200. The molecule has 1 aliphatic carbocycles. The minimum atomic E-state index is -1.04. The number of carboxylic acids is 1. The Balaban J connectivity index is 1.42. The molecule has 9 nitrogen and oxygen atoms in total. The smallest absolute Gasteiger partial charge is 0.412 e. The van der Waals surface area contributed by atoms with Crippen LogP contribution >= 0.6 is 0 Å². The van der Waals surface area contributed by atoms with Gasteiger partial charge >= 0.3 is 12.1 Å². The highest BCUT2D eigenvalue weighted by molar-refractivity contribution is 5.97. The molecule has 4 rings (SSSR count). The second-order valence-electron chi connectivity index (χ2n) is 8.49. The largest absolute Gasteiger partial charge is 0.480 e. The number of hydrogen-bond acceptors (Lipinski definition) is 6. The van der Waals surface area contributed by atoms with Crippen LogP contribution in [0.1, 0.15) is 48.2 Å². The minimum absolute atomic E-state index is 0.329. The summed E-state index contributed by atoms with van der Waals surface area (Å²) in [6, 6.07) is 15.0. The van der Waals surface area contributed by atoms with Crippen LogP contribution in [0, 0.1) is 5.92 Å². The van der Waals surface area contributed by atoms with Gasteiger partial charge in [0.05, 0.1) is 17.6 Å². The third-order valence-electron chi connectivity index (χ3n) is 5.79. The summed E-state index contributed by atoms with van der Waals surface area (Å²) in [5.41, 5.74) is 2.64. The molecule has 1 saturated carbocycles. The fourth-order valence-electron chi connectivity index (χ4n) is 3.67. The van der Waals surface area contributed by atoms with E-state index in [1.165, 1.54) is 12.5 Å². The Labute approximate surface area is 202 Å². The molecule has 3 aromatic rings. The van der Waals surface area contributed by atoms with Crippen LogP contribution in [0.15, 0.2) is 67.1 Å². The summed E-state index contributed by atoms with van der Waals surface area (Å²) in [5, 5.41) is 14.7. The van der Waals surface area contributed by atoms with Gasteiger partial charge in [0, 0.05) is 11.1 Å². The van der Waals surface area contributed by atoms with Gasteiger partial charge in [0.15, 0.2) is 0 Å². The zero-order chi connectivity index (χ0) is 24.8. The second-order valence-corrected chi connectivity index (χ2v) is 8.49. The molecule has 180 valence electrons. The highest BCUT2D eigenvalue weighted by Gasteiger charge is 2.30. The Morgan fingerprint density at radius 1 is 1.09 bits per heavy atom. The molecule has 0 bridgehead atoms. The van der Waals surface area contributed by atoms with Crippen molar-refractivity contribution in [3.8, 4) is 11.3 Å². The van der Waals surface area contributed by atoms with Crippen LogP contribution in [0.3, 0.4) is 0 Å². The molecular weight excluding hydrogens is 448 g/mol. The van der Waals surface area contributed by atoms with Gasteiger partial charge in [-0.25, -0.2) is 19.6 Å². The zero-order valence-corrected chi connectivity index (χ0v) is 19.2. The van der Waals surface area contributed by atoms with E-state index in [1.54, 1.807) is 31.2 Å². The van der Waals surface area contributed by atoms with Gasteiger partial charge in [-0.3, -0.25) is 10.1 Å². The predicted molar refractivity (Wildman–Crippen MR) is 129 cm³/mol. The molecule has 2 amide bonds. The van der Waals surface area contributed by atoms with Crippen molar-refractivity contribution in [2.75, 3.05) is 5.32 Å². The molecule has 2 atom stereocenters. The van der Waals surface area contributed by atoms with E-state index in [-0.39, 0.29) is 0 Å². The van der Waals surface area contributed by atoms with Crippen molar-refractivity contribution in [2.45, 2.75) is 38.3 Å². The summed E-state index contributed by atoms with van der Waals surface area (Å²) in [6.45, 7) is 1.78. The third-order valence-corrected chi connectivity index (χ3v) is 5.79. The number of carboxylic acid groups (broad SMARTS) is 1. The highest BCUT2D eigenvalue weighted by Crippen LogP contribution is 2.33. The monoisotopic (exact) mass is 474 g/mol. The molecule has 1 heterocycles. The molecule has 35 heavy (non-hydrogen) atoms. The molecule has 2 aromatic carbocycles. The number of rotatable bonds is 9. The lowest BCUT2D eigenvalue weighted by Gasteiger charge is -2.16. The van der Waals surface area contributed by atoms with Crippen LogP contribution in [-0.2, 0) is 9.53 Å². The van der Waals surface area contributed by atoms with E-state index in [1.807, 2.05) is 30.3 Å². The normalized spacial score (nSPS) is 14.4. The number of aromatic nitrogens is 2. The minimum Gasteiger partial charge on any atom is -0.480 e. The maximum atomic E-state index is 12.6. The zero-order valence-electron chi connectivity index (χ0n) is 19.2. The van der Waals surface area contributed by atoms with Crippen molar-refractivity contribution in [1.29, 1.82) is 0 Å². The number of nitrogens with one attached hydrogen (secondary N) is 2. The Morgan fingerprint density at radius 3 is 2.46 bits per heavy atom. The topological polar surface area (TPSA) is 131 Å². The molecule has 3 N–H and O–H groups in total. The molecule has 0 saturated heterocycles. The molecule has 1 aromatic heterocycles.